The van der Waals surface area contributed by atoms with E-state index < -0.39 is 5.91 Å². The number of hydrogen-bond donors (Lipinski definition) is 4. The zero-order valence-electron chi connectivity index (χ0n) is 19.5. The van der Waals surface area contributed by atoms with E-state index in [9.17, 15) is 14.4 Å². The summed E-state index contributed by atoms with van der Waals surface area (Å²) in [5, 5.41) is 6.97. The highest BCUT2D eigenvalue weighted by Crippen LogP contribution is 2.15. The molecule has 1 heterocycles. The molecule has 0 aliphatic carbocycles. The number of nitrogens with two attached hydrogens (primary N) is 2. The summed E-state index contributed by atoms with van der Waals surface area (Å²) in [6.45, 7) is 6.32. The molecule has 0 radical (unpaired) electrons. The quantitative estimate of drug-likeness (QED) is 0.179. The van der Waals surface area contributed by atoms with Gasteiger partial charge in [-0.3, -0.25) is 14.4 Å². The van der Waals surface area contributed by atoms with Crippen LogP contribution < -0.4 is 22.2 Å². The van der Waals surface area contributed by atoms with Crippen LogP contribution in [0.15, 0.2) is 11.4 Å². The lowest BCUT2D eigenvalue weighted by Crippen LogP contribution is -2.51. The Morgan fingerprint density at radius 1 is 1.03 bits per heavy atom. The number of ketones is 1. The fourth-order valence-corrected chi connectivity index (χ4v) is 3.51. The minimum atomic E-state index is -0.425. The highest BCUT2D eigenvalue weighted by atomic mass is 16.2. The van der Waals surface area contributed by atoms with E-state index in [2.05, 4.69) is 24.5 Å². The molecule has 0 aromatic heterocycles. The van der Waals surface area contributed by atoms with Gasteiger partial charge in [-0.15, -0.1) is 0 Å². The molecular formula is C22H42N6O3. The Hall–Kier alpha value is -2.13. The van der Waals surface area contributed by atoms with Crippen molar-refractivity contribution in [2.45, 2.75) is 65.2 Å². The molecule has 6 N–H and O–H groups in total. The number of Topliss-reactive ketones (excluding diaryl/α,β-unsaturated/α-hetero) is 1. The van der Waals surface area contributed by atoms with Crippen molar-refractivity contribution < 1.29 is 14.4 Å². The SMILES string of the molecule is CNCC(=O)CCCNC(=O)/C(N)=C1\CN(C(=O)CCCCCCC(C)C)CCN1N. The van der Waals surface area contributed by atoms with Crippen molar-refractivity contribution in [3.05, 3.63) is 11.4 Å². The number of hydrazine groups is 1. The van der Waals surface area contributed by atoms with Gasteiger partial charge in [-0.05, 0) is 25.8 Å². The van der Waals surface area contributed by atoms with E-state index in [0.29, 0.717) is 51.1 Å². The third-order valence-corrected chi connectivity index (χ3v) is 5.42. The van der Waals surface area contributed by atoms with Crippen molar-refractivity contribution in [1.82, 2.24) is 20.5 Å². The Kier molecular flexibility index (Phi) is 12.8. The lowest BCUT2D eigenvalue weighted by molar-refractivity contribution is -0.132. The smallest absolute Gasteiger partial charge is 0.269 e. The molecule has 1 aliphatic rings. The van der Waals surface area contributed by atoms with Crippen LogP contribution in [0.1, 0.15) is 65.2 Å². The van der Waals surface area contributed by atoms with Gasteiger partial charge in [0.05, 0.1) is 25.3 Å². The zero-order valence-corrected chi connectivity index (χ0v) is 19.5. The van der Waals surface area contributed by atoms with Gasteiger partial charge in [0.2, 0.25) is 5.91 Å². The summed E-state index contributed by atoms with van der Waals surface area (Å²) < 4.78 is 0. The molecule has 0 bridgehead atoms. The monoisotopic (exact) mass is 438 g/mol. The van der Waals surface area contributed by atoms with Crippen molar-refractivity contribution in [2.75, 3.05) is 39.8 Å². The maximum atomic E-state index is 12.6. The van der Waals surface area contributed by atoms with E-state index in [1.165, 1.54) is 17.9 Å². The summed E-state index contributed by atoms with van der Waals surface area (Å²) in [6, 6.07) is 0. The summed E-state index contributed by atoms with van der Waals surface area (Å²) in [5.74, 6) is 6.48. The lowest BCUT2D eigenvalue weighted by atomic mass is 10.0. The van der Waals surface area contributed by atoms with Crippen LogP contribution in [0.3, 0.4) is 0 Å². The Morgan fingerprint density at radius 3 is 2.42 bits per heavy atom. The van der Waals surface area contributed by atoms with Crippen molar-refractivity contribution in [3.63, 3.8) is 0 Å². The molecule has 178 valence electrons. The standard InChI is InChI=1S/C22H42N6O3/c1-17(2)9-6-4-5-7-11-20(30)27-13-14-28(24)19(16-27)21(23)22(31)26-12-8-10-18(29)15-25-3/h17,25H,4-16,23-24H2,1-3H3,(H,26,31)/b21-19-. The predicted molar refractivity (Wildman–Crippen MR) is 122 cm³/mol. The van der Waals surface area contributed by atoms with Gasteiger partial charge in [0.1, 0.15) is 11.5 Å². The number of piperazine rings is 1. The molecule has 0 saturated carbocycles. The van der Waals surface area contributed by atoms with Crippen molar-refractivity contribution >= 4 is 17.6 Å². The van der Waals surface area contributed by atoms with Gasteiger partial charge < -0.3 is 26.3 Å². The molecule has 9 heteroatoms. The molecule has 1 aliphatic heterocycles. The second kappa shape index (κ2) is 14.8. The number of likely N-dealkylation sites (N-methyl/N-ethyl adjacent to an activating group) is 1. The van der Waals surface area contributed by atoms with Crippen molar-refractivity contribution in [2.24, 2.45) is 17.5 Å². The number of carbonyl (C=O) groups excluding carboxylic acids is 3. The van der Waals surface area contributed by atoms with E-state index in [1.54, 1.807) is 11.9 Å². The average Bonchev–Trinajstić information content (AvgIpc) is 2.73. The number of amides is 2. The molecule has 9 nitrogen and oxygen atoms in total. The highest BCUT2D eigenvalue weighted by molar-refractivity contribution is 5.93. The third kappa shape index (κ3) is 10.6. The normalized spacial score (nSPS) is 15.9. The van der Waals surface area contributed by atoms with E-state index in [-0.39, 0.29) is 23.9 Å². The van der Waals surface area contributed by atoms with E-state index in [0.717, 1.165) is 25.2 Å². The van der Waals surface area contributed by atoms with Gasteiger partial charge in [-0.1, -0.05) is 39.5 Å². The van der Waals surface area contributed by atoms with Crippen molar-refractivity contribution in [1.29, 1.82) is 0 Å². The van der Waals surface area contributed by atoms with E-state index >= 15 is 0 Å². The minimum Gasteiger partial charge on any atom is -0.393 e. The summed E-state index contributed by atoms with van der Waals surface area (Å²) in [6.07, 6.45) is 6.96. The predicted octanol–water partition coefficient (Wildman–Crippen LogP) is 0.856. The molecule has 0 aromatic carbocycles. The number of carbonyl (C=O) groups is 3. The van der Waals surface area contributed by atoms with Crippen LogP contribution in [0.25, 0.3) is 0 Å². The number of hydrogen-bond acceptors (Lipinski definition) is 7. The van der Waals surface area contributed by atoms with Gasteiger partial charge in [-0.2, -0.15) is 0 Å². The van der Waals surface area contributed by atoms with Gasteiger partial charge >= 0.3 is 0 Å². The van der Waals surface area contributed by atoms with Crippen LogP contribution in [0.5, 0.6) is 0 Å². The van der Waals surface area contributed by atoms with Crippen LogP contribution >= 0.6 is 0 Å². The Bertz CT molecular complexity index is 620. The Balaban J connectivity index is 2.45. The second-order valence-electron chi connectivity index (χ2n) is 8.64. The zero-order chi connectivity index (χ0) is 23.2. The molecular weight excluding hydrogens is 396 g/mol. The van der Waals surface area contributed by atoms with E-state index in [4.69, 9.17) is 11.6 Å². The van der Waals surface area contributed by atoms with Crippen LogP contribution in [-0.2, 0) is 14.4 Å². The van der Waals surface area contributed by atoms with Gasteiger partial charge in [0.25, 0.3) is 5.91 Å². The molecule has 2 amide bonds. The average molecular weight is 439 g/mol. The van der Waals surface area contributed by atoms with Crippen LogP contribution in [0.2, 0.25) is 0 Å². The highest BCUT2D eigenvalue weighted by Gasteiger charge is 2.26. The fourth-order valence-electron chi connectivity index (χ4n) is 3.51. The minimum absolute atomic E-state index is 0.0234. The first-order valence-corrected chi connectivity index (χ1v) is 11.5. The topological polar surface area (TPSA) is 134 Å². The first kappa shape index (κ1) is 26.9. The van der Waals surface area contributed by atoms with Crippen LogP contribution in [0.4, 0.5) is 0 Å². The van der Waals surface area contributed by atoms with Gasteiger partial charge in [0, 0.05) is 25.9 Å². The second-order valence-corrected chi connectivity index (χ2v) is 8.64. The maximum Gasteiger partial charge on any atom is 0.269 e. The van der Waals surface area contributed by atoms with Crippen molar-refractivity contribution in [3.8, 4) is 0 Å². The first-order chi connectivity index (χ1) is 14.8. The molecule has 1 fully saturated rings. The number of unbranched alkanes of at least 4 members (excludes halogenated alkanes) is 3. The summed E-state index contributed by atoms with van der Waals surface area (Å²) in [4.78, 5) is 38.2. The number of nitrogens with one attached hydrogen (secondary N) is 2. The molecule has 1 saturated heterocycles. The number of rotatable bonds is 14. The molecule has 1 rings (SSSR count). The summed E-state index contributed by atoms with van der Waals surface area (Å²) in [7, 11) is 1.72. The Morgan fingerprint density at radius 2 is 1.74 bits per heavy atom. The first-order valence-electron chi connectivity index (χ1n) is 11.5. The third-order valence-electron chi connectivity index (χ3n) is 5.42. The number of nitrogens with zero attached hydrogens (tertiary/aromatic N) is 2. The largest absolute Gasteiger partial charge is 0.393 e. The summed E-state index contributed by atoms with van der Waals surface area (Å²) in [5.41, 5.74) is 6.53. The molecule has 0 unspecified atom stereocenters. The fraction of sp³-hybridized carbons (Fsp3) is 0.773. The van der Waals surface area contributed by atoms with Crippen LogP contribution in [0, 0.1) is 5.92 Å². The van der Waals surface area contributed by atoms with E-state index in [1.807, 2.05) is 0 Å². The molecule has 31 heavy (non-hydrogen) atoms. The van der Waals surface area contributed by atoms with Crippen LogP contribution in [-0.4, -0.2) is 67.3 Å². The summed E-state index contributed by atoms with van der Waals surface area (Å²) >= 11 is 0. The Labute approximate surface area is 186 Å². The molecule has 0 aromatic rings. The molecule has 0 spiro atoms. The lowest BCUT2D eigenvalue weighted by Gasteiger charge is -2.36. The maximum absolute atomic E-state index is 12.6. The van der Waals surface area contributed by atoms with Gasteiger partial charge in [-0.25, -0.2) is 5.84 Å². The van der Waals surface area contributed by atoms with Gasteiger partial charge in [0.15, 0.2) is 0 Å². The molecule has 0 atom stereocenters.